The molecule has 1 unspecified atom stereocenters. The Morgan fingerprint density at radius 3 is 2.91 bits per heavy atom. The SMILES string of the molecule is CC(N)c1ocnc1C(=O)O. The Kier molecular flexibility index (Phi) is 1.91. The van der Waals surface area contributed by atoms with Gasteiger partial charge in [-0.15, -0.1) is 0 Å². The van der Waals surface area contributed by atoms with Crippen molar-refractivity contribution in [2.24, 2.45) is 5.73 Å². The zero-order chi connectivity index (χ0) is 8.43. The Morgan fingerprint density at radius 1 is 1.91 bits per heavy atom. The number of nitrogens with two attached hydrogens (primary N) is 1. The minimum atomic E-state index is -1.12. The summed E-state index contributed by atoms with van der Waals surface area (Å²) in [6.45, 7) is 1.63. The van der Waals surface area contributed by atoms with Crippen LogP contribution >= 0.6 is 0 Å². The minimum absolute atomic E-state index is 0.111. The van der Waals surface area contributed by atoms with Gasteiger partial charge in [0.2, 0.25) is 0 Å². The van der Waals surface area contributed by atoms with Gasteiger partial charge >= 0.3 is 5.97 Å². The quantitative estimate of drug-likeness (QED) is 0.646. The van der Waals surface area contributed by atoms with Gasteiger partial charge < -0.3 is 15.3 Å². The third-order valence-electron chi connectivity index (χ3n) is 1.21. The van der Waals surface area contributed by atoms with Crippen LogP contribution in [0.1, 0.15) is 29.2 Å². The molecule has 0 aromatic carbocycles. The second kappa shape index (κ2) is 2.71. The first-order valence-corrected chi connectivity index (χ1v) is 3.05. The van der Waals surface area contributed by atoms with Crippen LogP contribution in [0.25, 0.3) is 0 Å². The lowest BCUT2D eigenvalue weighted by Crippen LogP contribution is -2.10. The predicted octanol–water partition coefficient (Wildman–Crippen LogP) is 0.393. The molecule has 0 spiro atoms. The number of oxazole rings is 1. The molecule has 0 fully saturated rings. The first-order valence-electron chi connectivity index (χ1n) is 3.05. The van der Waals surface area contributed by atoms with Gasteiger partial charge in [0.1, 0.15) is 0 Å². The highest BCUT2D eigenvalue weighted by Crippen LogP contribution is 2.13. The molecular weight excluding hydrogens is 148 g/mol. The number of hydrogen-bond acceptors (Lipinski definition) is 4. The summed E-state index contributed by atoms with van der Waals surface area (Å²) in [5, 5.41) is 8.53. The second-order valence-electron chi connectivity index (χ2n) is 2.16. The van der Waals surface area contributed by atoms with Crippen molar-refractivity contribution in [2.45, 2.75) is 13.0 Å². The maximum atomic E-state index is 10.4. The van der Waals surface area contributed by atoms with Crippen LogP contribution < -0.4 is 5.73 Å². The lowest BCUT2D eigenvalue weighted by molar-refractivity contribution is 0.0688. The second-order valence-corrected chi connectivity index (χ2v) is 2.16. The van der Waals surface area contributed by atoms with Gasteiger partial charge in [-0.3, -0.25) is 0 Å². The molecule has 5 heteroatoms. The van der Waals surface area contributed by atoms with E-state index < -0.39 is 12.0 Å². The van der Waals surface area contributed by atoms with Crippen molar-refractivity contribution >= 4 is 5.97 Å². The van der Waals surface area contributed by atoms with Crippen molar-refractivity contribution in [1.29, 1.82) is 0 Å². The average molecular weight is 156 g/mol. The van der Waals surface area contributed by atoms with Gasteiger partial charge in [-0.2, -0.15) is 0 Å². The van der Waals surface area contributed by atoms with E-state index >= 15 is 0 Å². The number of aromatic carboxylic acids is 1. The van der Waals surface area contributed by atoms with Gasteiger partial charge in [0.15, 0.2) is 17.8 Å². The molecule has 0 amide bonds. The monoisotopic (exact) mass is 156 g/mol. The van der Waals surface area contributed by atoms with E-state index in [1.54, 1.807) is 6.92 Å². The highest BCUT2D eigenvalue weighted by atomic mass is 16.4. The fraction of sp³-hybridized carbons (Fsp3) is 0.333. The fourth-order valence-electron chi connectivity index (χ4n) is 0.739. The molecule has 3 N–H and O–H groups in total. The normalized spacial score (nSPS) is 12.9. The minimum Gasteiger partial charge on any atom is -0.476 e. The van der Waals surface area contributed by atoms with E-state index in [2.05, 4.69) is 4.98 Å². The molecule has 1 heterocycles. The standard InChI is InChI=1S/C6H8N2O3/c1-3(7)5-4(6(9)10)8-2-11-5/h2-3H,7H2,1H3,(H,9,10). The third kappa shape index (κ3) is 1.38. The summed E-state index contributed by atoms with van der Waals surface area (Å²) < 4.78 is 4.77. The van der Waals surface area contributed by atoms with Crippen LogP contribution in [-0.4, -0.2) is 16.1 Å². The fourth-order valence-corrected chi connectivity index (χ4v) is 0.739. The molecule has 1 aromatic heterocycles. The highest BCUT2D eigenvalue weighted by Gasteiger charge is 2.17. The third-order valence-corrected chi connectivity index (χ3v) is 1.21. The molecule has 1 atom stereocenters. The smallest absolute Gasteiger partial charge is 0.358 e. The Bertz CT molecular complexity index is 267. The van der Waals surface area contributed by atoms with Gasteiger partial charge in [0.25, 0.3) is 0 Å². The van der Waals surface area contributed by atoms with E-state index in [4.69, 9.17) is 15.3 Å². The lowest BCUT2D eigenvalue weighted by Gasteiger charge is -1.98. The van der Waals surface area contributed by atoms with Crippen molar-refractivity contribution < 1.29 is 14.3 Å². The summed E-state index contributed by atoms with van der Waals surface area (Å²) in [7, 11) is 0. The molecule has 0 aliphatic carbocycles. The van der Waals surface area contributed by atoms with Crippen molar-refractivity contribution in [3.05, 3.63) is 17.8 Å². The van der Waals surface area contributed by atoms with Gasteiger partial charge in [0.05, 0.1) is 6.04 Å². The van der Waals surface area contributed by atoms with E-state index in [0.29, 0.717) is 0 Å². The Morgan fingerprint density at radius 2 is 2.55 bits per heavy atom. The van der Waals surface area contributed by atoms with Gasteiger partial charge in [-0.25, -0.2) is 9.78 Å². The maximum Gasteiger partial charge on any atom is 0.358 e. The number of hydrogen-bond donors (Lipinski definition) is 2. The maximum absolute atomic E-state index is 10.4. The van der Waals surface area contributed by atoms with E-state index in [-0.39, 0.29) is 11.5 Å². The van der Waals surface area contributed by atoms with Crippen LogP contribution in [0.3, 0.4) is 0 Å². The number of carbonyl (C=O) groups is 1. The lowest BCUT2D eigenvalue weighted by atomic mass is 10.2. The molecule has 0 aliphatic rings. The molecule has 0 saturated heterocycles. The molecule has 0 aliphatic heterocycles. The Balaban J connectivity index is 3.06. The highest BCUT2D eigenvalue weighted by molar-refractivity contribution is 5.86. The van der Waals surface area contributed by atoms with Crippen molar-refractivity contribution in [3.63, 3.8) is 0 Å². The molecule has 0 bridgehead atoms. The molecule has 11 heavy (non-hydrogen) atoms. The number of aromatic nitrogens is 1. The van der Waals surface area contributed by atoms with Crippen LogP contribution in [0.2, 0.25) is 0 Å². The Labute approximate surface area is 62.8 Å². The van der Waals surface area contributed by atoms with Crippen molar-refractivity contribution in [3.8, 4) is 0 Å². The molecule has 0 radical (unpaired) electrons. The van der Waals surface area contributed by atoms with Crippen LogP contribution in [0, 0.1) is 0 Å². The zero-order valence-corrected chi connectivity index (χ0v) is 5.94. The number of nitrogens with zero attached hydrogens (tertiary/aromatic N) is 1. The number of carboxylic acids is 1. The summed E-state index contributed by atoms with van der Waals surface area (Å²) in [6, 6.07) is -0.441. The van der Waals surface area contributed by atoms with Gasteiger partial charge in [-0.1, -0.05) is 0 Å². The van der Waals surface area contributed by atoms with E-state index in [1.807, 2.05) is 0 Å². The van der Waals surface area contributed by atoms with Crippen LogP contribution in [0.5, 0.6) is 0 Å². The predicted molar refractivity (Wildman–Crippen MR) is 36.1 cm³/mol. The van der Waals surface area contributed by atoms with Gasteiger partial charge in [0, 0.05) is 0 Å². The van der Waals surface area contributed by atoms with Gasteiger partial charge in [-0.05, 0) is 6.92 Å². The summed E-state index contributed by atoms with van der Waals surface area (Å²) >= 11 is 0. The van der Waals surface area contributed by atoms with Crippen molar-refractivity contribution in [2.75, 3.05) is 0 Å². The van der Waals surface area contributed by atoms with E-state index in [9.17, 15) is 4.79 Å². The Hall–Kier alpha value is -1.36. The van der Waals surface area contributed by atoms with E-state index in [1.165, 1.54) is 0 Å². The summed E-state index contributed by atoms with van der Waals surface area (Å²) in [5.41, 5.74) is 5.29. The molecule has 60 valence electrons. The molecular formula is C6H8N2O3. The van der Waals surface area contributed by atoms with E-state index in [0.717, 1.165) is 6.39 Å². The molecule has 0 saturated carbocycles. The molecule has 1 rings (SSSR count). The topological polar surface area (TPSA) is 89.4 Å². The largest absolute Gasteiger partial charge is 0.476 e. The summed E-state index contributed by atoms with van der Waals surface area (Å²) in [5.74, 6) is -0.913. The summed E-state index contributed by atoms with van der Waals surface area (Å²) in [6.07, 6.45) is 1.07. The molecule has 5 nitrogen and oxygen atoms in total. The zero-order valence-electron chi connectivity index (χ0n) is 5.94. The van der Waals surface area contributed by atoms with Crippen molar-refractivity contribution in [1.82, 2.24) is 4.98 Å². The number of carboxylic acid groups (broad SMARTS) is 1. The first-order chi connectivity index (χ1) is 5.13. The van der Waals surface area contributed by atoms with Crippen LogP contribution in [0.4, 0.5) is 0 Å². The van der Waals surface area contributed by atoms with Crippen LogP contribution in [-0.2, 0) is 0 Å². The molecule has 1 aromatic rings. The van der Waals surface area contributed by atoms with Crippen LogP contribution in [0.15, 0.2) is 10.8 Å². The first kappa shape index (κ1) is 7.74. The summed E-state index contributed by atoms with van der Waals surface area (Å²) in [4.78, 5) is 13.9. The average Bonchev–Trinajstić information content (AvgIpc) is 2.32. The number of rotatable bonds is 2.